The van der Waals surface area contributed by atoms with Gasteiger partial charge in [-0.2, -0.15) is 0 Å². The molecule has 0 aromatic rings. The van der Waals surface area contributed by atoms with Crippen LogP contribution < -0.4 is 0 Å². The van der Waals surface area contributed by atoms with Crippen LogP contribution in [0.4, 0.5) is 4.39 Å². The molecule has 1 nitrogen and oxygen atoms in total. The van der Waals surface area contributed by atoms with Gasteiger partial charge in [-0.3, -0.25) is 4.79 Å². The van der Waals surface area contributed by atoms with E-state index in [0.717, 1.165) is 0 Å². The first-order chi connectivity index (χ1) is 4.22. The summed E-state index contributed by atoms with van der Waals surface area (Å²) >= 11 is 0. The molecule has 0 spiro atoms. The van der Waals surface area contributed by atoms with Crippen LogP contribution >= 0.6 is 0 Å². The van der Waals surface area contributed by atoms with E-state index < -0.39 is 11.6 Å². The average molecular weight is 130 g/mol. The van der Waals surface area contributed by atoms with Crippen molar-refractivity contribution in [2.24, 2.45) is 0 Å². The largest absolute Gasteiger partial charge is 0.292 e. The van der Waals surface area contributed by atoms with Gasteiger partial charge in [-0.05, 0) is 12.5 Å². The van der Waals surface area contributed by atoms with Gasteiger partial charge in [0.2, 0.25) is 0 Å². The number of hydrogen-bond acceptors (Lipinski definition) is 1. The zero-order valence-corrected chi connectivity index (χ0v) is 5.78. The number of halogens is 1. The summed E-state index contributed by atoms with van der Waals surface area (Å²) in [5.74, 6) is -1.00. The first-order valence-corrected chi connectivity index (χ1v) is 3.11. The van der Waals surface area contributed by atoms with Gasteiger partial charge in [0.05, 0.1) is 0 Å². The minimum absolute atomic E-state index is 0.252. The van der Waals surface area contributed by atoms with Crippen molar-refractivity contribution >= 4 is 5.78 Å². The van der Waals surface area contributed by atoms with Crippen LogP contribution in [0.5, 0.6) is 0 Å². The predicted octanol–water partition coefficient (Wildman–Crippen LogP) is 2.23. The van der Waals surface area contributed by atoms with Gasteiger partial charge in [-0.1, -0.05) is 13.8 Å². The van der Waals surface area contributed by atoms with Gasteiger partial charge in [0, 0.05) is 6.42 Å². The molecule has 0 amide bonds. The highest BCUT2D eigenvalue weighted by atomic mass is 19.1. The Morgan fingerprint density at radius 3 is 2.44 bits per heavy atom. The second-order valence-corrected chi connectivity index (χ2v) is 1.74. The van der Waals surface area contributed by atoms with E-state index in [0.29, 0.717) is 6.42 Å². The van der Waals surface area contributed by atoms with Gasteiger partial charge >= 0.3 is 0 Å². The Balaban J connectivity index is 3.86. The molecule has 9 heavy (non-hydrogen) atoms. The summed E-state index contributed by atoms with van der Waals surface area (Å²) in [6.45, 7) is 3.44. The maximum absolute atomic E-state index is 12.3. The molecule has 0 saturated heterocycles. The molecule has 0 bridgehead atoms. The predicted molar refractivity (Wildman–Crippen MR) is 34.8 cm³/mol. The van der Waals surface area contributed by atoms with Crippen molar-refractivity contribution in [3.05, 3.63) is 11.9 Å². The number of rotatable bonds is 3. The molecule has 0 aromatic heterocycles. The van der Waals surface area contributed by atoms with E-state index in [1.165, 1.54) is 6.08 Å². The lowest BCUT2D eigenvalue weighted by molar-refractivity contribution is -0.116. The van der Waals surface area contributed by atoms with E-state index >= 15 is 0 Å². The van der Waals surface area contributed by atoms with Crippen LogP contribution in [0.1, 0.15) is 26.7 Å². The number of Topliss-reactive ketones (excluding diaryl/α,β-unsaturated/α-hetero) is 1. The van der Waals surface area contributed by atoms with Gasteiger partial charge in [0.15, 0.2) is 11.6 Å². The fraction of sp³-hybridized carbons (Fsp3) is 0.571. The van der Waals surface area contributed by atoms with Crippen molar-refractivity contribution in [2.75, 3.05) is 0 Å². The van der Waals surface area contributed by atoms with Crippen LogP contribution in [-0.4, -0.2) is 5.78 Å². The Labute approximate surface area is 54.6 Å². The Morgan fingerprint density at radius 1 is 1.56 bits per heavy atom. The highest BCUT2D eigenvalue weighted by Crippen LogP contribution is 2.01. The highest BCUT2D eigenvalue weighted by molar-refractivity contribution is 5.92. The summed E-state index contributed by atoms with van der Waals surface area (Å²) in [5, 5.41) is 0. The van der Waals surface area contributed by atoms with Crippen molar-refractivity contribution in [1.29, 1.82) is 0 Å². The molecular weight excluding hydrogens is 119 g/mol. The topological polar surface area (TPSA) is 17.1 Å². The maximum Gasteiger partial charge on any atom is 0.190 e. The molecule has 0 heterocycles. The van der Waals surface area contributed by atoms with Crippen LogP contribution in [0.25, 0.3) is 0 Å². The lowest BCUT2D eigenvalue weighted by Gasteiger charge is -1.88. The number of hydrogen-bond donors (Lipinski definition) is 0. The summed E-state index contributed by atoms with van der Waals surface area (Å²) in [7, 11) is 0. The molecule has 0 aliphatic heterocycles. The van der Waals surface area contributed by atoms with Crippen molar-refractivity contribution in [3.8, 4) is 0 Å². The SMILES string of the molecule is CC/C=C(/F)C(=O)CC. The van der Waals surface area contributed by atoms with E-state index in [1.54, 1.807) is 13.8 Å². The fourth-order valence-electron chi connectivity index (χ4n) is 0.462. The Kier molecular flexibility index (Phi) is 3.93. The lowest BCUT2D eigenvalue weighted by Crippen LogP contribution is -1.94. The van der Waals surface area contributed by atoms with Crippen molar-refractivity contribution in [2.45, 2.75) is 26.7 Å². The van der Waals surface area contributed by atoms with E-state index in [-0.39, 0.29) is 6.42 Å². The summed E-state index contributed by atoms with van der Waals surface area (Å²) in [6, 6.07) is 0. The van der Waals surface area contributed by atoms with E-state index in [9.17, 15) is 9.18 Å². The van der Waals surface area contributed by atoms with Gasteiger partial charge < -0.3 is 0 Å². The molecule has 2 heteroatoms. The Bertz CT molecular complexity index is 127. The van der Waals surface area contributed by atoms with Crippen LogP contribution in [0, 0.1) is 0 Å². The monoisotopic (exact) mass is 130 g/mol. The number of ketones is 1. The smallest absolute Gasteiger partial charge is 0.190 e. The van der Waals surface area contributed by atoms with Crippen LogP contribution in [0.15, 0.2) is 11.9 Å². The van der Waals surface area contributed by atoms with E-state index in [4.69, 9.17) is 0 Å². The molecule has 0 fully saturated rings. The molecular formula is C7H11FO. The first-order valence-electron chi connectivity index (χ1n) is 3.11. The third-order valence-corrected chi connectivity index (χ3v) is 0.971. The molecule has 0 aliphatic rings. The minimum atomic E-state index is -0.597. The number of carbonyl (C=O) groups excluding carboxylic acids is 1. The zero-order valence-electron chi connectivity index (χ0n) is 5.78. The molecule has 0 saturated carbocycles. The molecule has 0 unspecified atom stereocenters. The van der Waals surface area contributed by atoms with Crippen molar-refractivity contribution < 1.29 is 9.18 Å². The molecule has 0 rings (SSSR count). The van der Waals surface area contributed by atoms with Crippen LogP contribution in [-0.2, 0) is 4.79 Å². The summed E-state index contributed by atoms with van der Waals surface area (Å²) in [4.78, 5) is 10.5. The highest BCUT2D eigenvalue weighted by Gasteiger charge is 2.02. The standard InChI is InChI=1S/C7H11FO/c1-3-5-6(8)7(9)4-2/h5H,3-4H2,1-2H3/b6-5+. The Morgan fingerprint density at radius 2 is 2.11 bits per heavy atom. The normalized spacial score (nSPS) is 11.7. The van der Waals surface area contributed by atoms with Gasteiger partial charge in [0.1, 0.15) is 0 Å². The minimum Gasteiger partial charge on any atom is -0.292 e. The third-order valence-electron chi connectivity index (χ3n) is 0.971. The van der Waals surface area contributed by atoms with Gasteiger partial charge in [0.25, 0.3) is 0 Å². The van der Waals surface area contributed by atoms with Crippen molar-refractivity contribution in [3.63, 3.8) is 0 Å². The molecule has 0 aromatic carbocycles. The second kappa shape index (κ2) is 4.24. The quantitative estimate of drug-likeness (QED) is 0.535. The second-order valence-electron chi connectivity index (χ2n) is 1.74. The van der Waals surface area contributed by atoms with Gasteiger partial charge in [-0.15, -0.1) is 0 Å². The summed E-state index contributed by atoms with van der Waals surface area (Å²) < 4.78 is 12.3. The van der Waals surface area contributed by atoms with E-state index in [1.807, 2.05) is 0 Å². The molecule has 0 aliphatic carbocycles. The maximum atomic E-state index is 12.3. The lowest BCUT2D eigenvalue weighted by atomic mass is 10.2. The van der Waals surface area contributed by atoms with Crippen LogP contribution in [0.3, 0.4) is 0 Å². The van der Waals surface area contributed by atoms with Crippen LogP contribution in [0.2, 0.25) is 0 Å². The van der Waals surface area contributed by atoms with E-state index in [2.05, 4.69) is 0 Å². The molecule has 0 radical (unpaired) electrons. The molecule has 52 valence electrons. The van der Waals surface area contributed by atoms with Crippen molar-refractivity contribution in [1.82, 2.24) is 0 Å². The zero-order chi connectivity index (χ0) is 7.28. The average Bonchev–Trinajstić information content (AvgIpc) is 1.87. The van der Waals surface area contributed by atoms with Gasteiger partial charge in [-0.25, -0.2) is 4.39 Å². The summed E-state index contributed by atoms with van der Waals surface area (Å²) in [5.41, 5.74) is 0. The fourth-order valence-corrected chi connectivity index (χ4v) is 0.462. The number of allylic oxidation sites excluding steroid dienone is 2. The third kappa shape index (κ3) is 3.01. The molecule has 0 N–H and O–H groups in total. The first kappa shape index (κ1) is 8.34. The Hall–Kier alpha value is -0.660. The summed E-state index contributed by atoms with van der Waals surface area (Å²) in [6.07, 6.45) is 2.13. The molecule has 0 atom stereocenters. The number of carbonyl (C=O) groups is 1.